The molecule has 0 bridgehead atoms. The maximum atomic E-state index is 11.6. The van der Waals surface area contributed by atoms with Gasteiger partial charge >= 0.3 is 5.97 Å². The molecule has 0 aliphatic rings. The highest BCUT2D eigenvalue weighted by Crippen LogP contribution is 2.19. The van der Waals surface area contributed by atoms with E-state index in [-0.39, 0.29) is 24.6 Å². The van der Waals surface area contributed by atoms with E-state index in [2.05, 4.69) is 4.72 Å². The molecule has 0 unspecified atom stereocenters. The summed E-state index contributed by atoms with van der Waals surface area (Å²) in [5.41, 5.74) is 0. The summed E-state index contributed by atoms with van der Waals surface area (Å²) in [4.78, 5) is 11.2. The Balaban J connectivity index is 2.46. The Morgan fingerprint density at radius 2 is 2.29 bits per heavy atom. The molecule has 0 amide bonds. The van der Waals surface area contributed by atoms with Gasteiger partial charge in [0.05, 0.1) is 11.8 Å². The zero-order chi connectivity index (χ0) is 12.9. The predicted molar refractivity (Wildman–Crippen MR) is 66.5 cm³/mol. The number of thiophene rings is 1. The lowest BCUT2D eigenvalue weighted by molar-refractivity contribution is -0.137. The van der Waals surface area contributed by atoms with Crippen molar-refractivity contribution in [2.75, 3.05) is 5.75 Å². The molecule has 0 saturated heterocycles. The Bertz CT molecular complexity index is 453. The number of aliphatic carboxylic acids is 1. The SMILES string of the molecule is C[C@H](NS(=O)(=O)CCCC(=O)O)c1cccs1. The topological polar surface area (TPSA) is 83.5 Å². The highest BCUT2D eigenvalue weighted by atomic mass is 32.2. The molecule has 1 aromatic heterocycles. The van der Waals surface area contributed by atoms with E-state index in [0.717, 1.165) is 4.88 Å². The lowest BCUT2D eigenvalue weighted by Crippen LogP contribution is -2.28. The quantitative estimate of drug-likeness (QED) is 0.793. The second-order valence-corrected chi connectivity index (χ2v) is 6.52. The van der Waals surface area contributed by atoms with Gasteiger partial charge < -0.3 is 5.11 Å². The predicted octanol–water partition coefficient (Wildman–Crippen LogP) is 1.59. The van der Waals surface area contributed by atoms with Crippen LogP contribution in [0.1, 0.15) is 30.7 Å². The monoisotopic (exact) mass is 277 g/mol. The van der Waals surface area contributed by atoms with Crippen LogP contribution in [0.5, 0.6) is 0 Å². The number of hydrogen-bond donors (Lipinski definition) is 2. The number of carboxylic acids is 1. The summed E-state index contributed by atoms with van der Waals surface area (Å²) in [6.45, 7) is 1.76. The van der Waals surface area contributed by atoms with E-state index in [1.807, 2.05) is 17.5 Å². The average Bonchev–Trinajstić information content (AvgIpc) is 2.68. The molecule has 0 spiro atoms. The van der Waals surface area contributed by atoms with Crippen molar-refractivity contribution >= 4 is 27.3 Å². The molecule has 1 atom stereocenters. The number of rotatable bonds is 7. The van der Waals surface area contributed by atoms with Crippen molar-refractivity contribution in [3.63, 3.8) is 0 Å². The van der Waals surface area contributed by atoms with E-state index in [1.54, 1.807) is 6.92 Å². The first-order chi connectivity index (χ1) is 7.91. The number of carbonyl (C=O) groups is 1. The van der Waals surface area contributed by atoms with Gasteiger partial charge in [0.1, 0.15) is 0 Å². The Kier molecular flexibility index (Phi) is 5.10. The Morgan fingerprint density at radius 3 is 2.82 bits per heavy atom. The molecule has 0 aromatic carbocycles. The van der Waals surface area contributed by atoms with E-state index in [9.17, 15) is 13.2 Å². The third-order valence-electron chi connectivity index (χ3n) is 2.13. The van der Waals surface area contributed by atoms with Crippen LogP contribution in [0.25, 0.3) is 0 Å². The van der Waals surface area contributed by atoms with Crippen LogP contribution in [0.3, 0.4) is 0 Å². The van der Waals surface area contributed by atoms with Gasteiger partial charge in [-0.15, -0.1) is 11.3 Å². The molecule has 96 valence electrons. The summed E-state index contributed by atoms with van der Waals surface area (Å²) < 4.78 is 25.8. The third-order valence-corrected chi connectivity index (χ3v) is 4.72. The number of hydrogen-bond acceptors (Lipinski definition) is 4. The second kappa shape index (κ2) is 6.13. The first-order valence-corrected chi connectivity index (χ1v) is 7.69. The van der Waals surface area contributed by atoms with Crippen LogP contribution in [-0.2, 0) is 14.8 Å². The molecule has 0 radical (unpaired) electrons. The molecule has 1 rings (SSSR count). The maximum Gasteiger partial charge on any atom is 0.303 e. The van der Waals surface area contributed by atoms with Crippen molar-refractivity contribution in [3.8, 4) is 0 Å². The number of nitrogens with one attached hydrogen (secondary N) is 1. The molecule has 1 aromatic rings. The molecule has 17 heavy (non-hydrogen) atoms. The summed E-state index contributed by atoms with van der Waals surface area (Å²) in [6, 6.07) is 3.44. The summed E-state index contributed by atoms with van der Waals surface area (Å²) in [7, 11) is -3.41. The number of sulfonamides is 1. The van der Waals surface area contributed by atoms with Gasteiger partial charge in [0.2, 0.25) is 10.0 Å². The van der Waals surface area contributed by atoms with Crippen LogP contribution >= 0.6 is 11.3 Å². The van der Waals surface area contributed by atoms with E-state index >= 15 is 0 Å². The van der Waals surface area contributed by atoms with Gasteiger partial charge in [-0.25, -0.2) is 13.1 Å². The smallest absolute Gasteiger partial charge is 0.303 e. The normalized spacial score (nSPS) is 13.5. The van der Waals surface area contributed by atoms with Crippen molar-refractivity contribution in [2.24, 2.45) is 0 Å². The van der Waals surface area contributed by atoms with Crippen LogP contribution in [0.15, 0.2) is 17.5 Å². The molecular formula is C10H15NO4S2. The minimum atomic E-state index is -3.41. The number of carboxylic acid groups (broad SMARTS) is 1. The van der Waals surface area contributed by atoms with Crippen LogP contribution in [-0.4, -0.2) is 25.2 Å². The minimum Gasteiger partial charge on any atom is -0.481 e. The molecule has 0 aliphatic carbocycles. The van der Waals surface area contributed by atoms with Gasteiger partial charge in [0.25, 0.3) is 0 Å². The van der Waals surface area contributed by atoms with Gasteiger partial charge in [0, 0.05) is 11.3 Å². The first-order valence-electron chi connectivity index (χ1n) is 5.16. The van der Waals surface area contributed by atoms with Crippen molar-refractivity contribution in [3.05, 3.63) is 22.4 Å². The van der Waals surface area contributed by atoms with Crippen LogP contribution in [0.2, 0.25) is 0 Å². The summed E-state index contributed by atoms with van der Waals surface area (Å²) in [6.07, 6.45) is -0.00385. The zero-order valence-electron chi connectivity index (χ0n) is 9.42. The molecule has 0 fully saturated rings. The third kappa shape index (κ3) is 5.29. The van der Waals surface area contributed by atoms with Crippen LogP contribution in [0, 0.1) is 0 Å². The fourth-order valence-corrected chi connectivity index (χ4v) is 3.45. The largest absolute Gasteiger partial charge is 0.481 e. The van der Waals surface area contributed by atoms with Crippen LogP contribution < -0.4 is 4.72 Å². The van der Waals surface area contributed by atoms with Crippen LogP contribution in [0.4, 0.5) is 0 Å². The Hall–Kier alpha value is -0.920. The fourth-order valence-electron chi connectivity index (χ4n) is 1.34. The van der Waals surface area contributed by atoms with Gasteiger partial charge in [0.15, 0.2) is 0 Å². The van der Waals surface area contributed by atoms with Crippen molar-refractivity contribution in [1.82, 2.24) is 4.72 Å². The van der Waals surface area contributed by atoms with E-state index in [4.69, 9.17) is 5.11 Å². The highest BCUT2D eigenvalue weighted by Gasteiger charge is 2.16. The lowest BCUT2D eigenvalue weighted by Gasteiger charge is -2.12. The summed E-state index contributed by atoms with van der Waals surface area (Å²) in [5, 5.41) is 10.3. The van der Waals surface area contributed by atoms with E-state index in [0.29, 0.717) is 0 Å². The van der Waals surface area contributed by atoms with Gasteiger partial charge in [-0.3, -0.25) is 4.79 Å². The molecule has 5 nitrogen and oxygen atoms in total. The molecular weight excluding hydrogens is 262 g/mol. The van der Waals surface area contributed by atoms with Gasteiger partial charge in [-0.05, 0) is 24.8 Å². The van der Waals surface area contributed by atoms with Crippen molar-refractivity contribution in [2.45, 2.75) is 25.8 Å². The van der Waals surface area contributed by atoms with E-state index in [1.165, 1.54) is 11.3 Å². The maximum absolute atomic E-state index is 11.6. The molecule has 0 saturated carbocycles. The fraction of sp³-hybridized carbons (Fsp3) is 0.500. The lowest BCUT2D eigenvalue weighted by atomic mass is 10.3. The molecule has 0 aliphatic heterocycles. The summed E-state index contributed by atoms with van der Waals surface area (Å²) >= 11 is 1.48. The van der Waals surface area contributed by atoms with Gasteiger partial charge in [-0.2, -0.15) is 0 Å². The zero-order valence-corrected chi connectivity index (χ0v) is 11.1. The van der Waals surface area contributed by atoms with Crippen molar-refractivity contribution in [1.29, 1.82) is 0 Å². The Labute approximate surface area is 105 Å². The minimum absolute atomic E-state index is 0.127. The highest BCUT2D eigenvalue weighted by molar-refractivity contribution is 7.89. The second-order valence-electron chi connectivity index (χ2n) is 3.67. The average molecular weight is 277 g/mol. The van der Waals surface area contributed by atoms with E-state index < -0.39 is 16.0 Å². The summed E-state index contributed by atoms with van der Waals surface area (Å²) in [5.74, 6) is -1.14. The standard InChI is InChI=1S/C10H15NO4S2/c1-8(9-4-2-6-16-9)11-17(14,15)7-3-5-10(12)13/h2,4,6,8,11H,3,5,7H2,1H3,(H,12,13)/t8-/m0/s1. The van der Waals surface area contributed by atoms with Gasteiger partial charge in [-0.1, -0.05) is 6.07 Å². The molecule has 2 N–H and O–H groups in total. The Morgan fingerprint density at radius 1 is 1.59 bits per heavy atom. The van der Waals surface area contributed by atoms with Crippen molar-refractivity contribution < 1.29 is 18.3 Å². The first kappa shape index (κ1) is 14.1. The molecule has 1 heterocycles. The molecule has 7 heteroatoms.